The van der Waals surface area contributed by atoms with Crippen LogP contribution in [0.15, 0.2) is 24.3 Å². The SMILES string of the molecule is CC1(C)CO[C@H](c2cccc(F)c2)CN1. The highest BCUT2D eigenvalue weighted by Crippen LogP contribution is 2.23. The molecule has 0 saturated carbocycles. The summed E-state index contributed by atoms with van der Waals surface area (Å²) in [6.45, 7) is 5.56. The minimum absolute atomic E-state index is 0.0177. The molecule has 82 valence electrons. The van der Waals surface area contributed by atoms with E-state index in [4.69, 9.17) is 4.74 Å². The van der Waals surface area contributed by atoms with Crippen molar-refractivity contribution in [1.29, 1.82) is 0 Å². The van der Waals surface area contributed by atoms with Crippen molar-refractivity contribution in [2.75, 3.05) is 13.2 Å². The average Bonchev–Trinajstić information content (AvgIpc) is 2.17. The molecule has 0 radical (unpaired) electrons. The van der Waals surface area contributed by atoms with Gasteiger partial charge in [0.15, 0.2) is 0 Å². The maximum atomic E-state index is 13.0. The molecule has 1 fully saturated rings. The molecule has 0 bridgehead atoms. The predicted octanol–water partition coefficient (Wildman–Crippen LogP) is 2.27. The summed E-state index contributed by atoms with van der Waals surface area (Å²) in [5, 5.41) is 3.38. The van der Waals surface area contributed by atoms with Crippen LogP contribution in [0.25, 0.3) is 0 Å². The van der Waals surface area contributed by atoms with Gasteiger partial charge in [-0.25, -0.2) is 4.39 Å². The lowest BCUT2D eigenvalue weighted by Crippen LogP contribution is -2.50. The number of hydrogen-bond donors (Lipinski definition) is 1. The topological polar surface area (TPSA) is 21.3 Å². The van der Waals surface area contributed by atoms with Crippen LogP contribution in [0, 0.1) is 5.82 Å². The van der Waals surface area contributed by atoms with Crippen molar-refractivity contribution in [2.45, 2.75) is 25.5 Å². The summed E-state index contributed by atoms with van der Waals surface area (Å²) in [4.78, 5) is 0. The van der Waals surface area contributed by atoms with Gasteiger partial charge >= 0.3 is 0 Å². The summed E-state index contributed by atoms with van der Waals surface area (Å²) >= 11 is 0. The maximum Gasteiger partial charge on any atom is 0.123 e. The minimum Gasteiger partial charge on any atom is -0.370 e. The number of ether oxygens (including phenoxy) is 1. The number of rotatable bonds is 1. The van der Waals surface area contributed by atoms with E-state index in [0.29, 0.717) is 6.61 Å². The quantitative estimate of drug-likeness (QED) is 0.766. The van der Waals surface area contributed by atoms with E-state index in [9.17, 15) is 4.39 Å². The van der Waals surface area contributed by atoms with Gasteiger partial charge in [0.25, 0.3) is 0 Å². The van der Waals surface area contributed by atoms with E-state index in [1.54, 1.807) is 6.07 Å². The molecule has 0 spiro atoms. The zero-order valence-corrected chi connectivity index (χ0v) is 9.09. The molecule has 0 aromatic heterocycles. The number of nitrogens with one attached hydrogen (secondary N) is 1. The molecule has 1 N–H and O–H groups in total. The number of halogens is 1. The van der Waals surface area contributed by atoms with Gasteiger partial charge < -0.3 is 10.1 Å². The summed E-state index contributed by atoms with van der Waals surface area (Å²) in [7, 11) is 0. The first kappa shape index (κ1) is 10.6. The van der Waals surface area contributed by atoms with Crippen molar-refractivity contribution in [1.82, 2.24) is 5.32 Å². The first-order valence-corrected chi connectivity index (χ1v) is 5.19. The van der Waals surface area contributed by atoms with Crippen LogP contribution in [0.3, 0.4) is 0 Å². The smallest absolute Gasteiger partial charge is 0.123 e. The highest BCUT2D eigenvalue weighted by molar-refractivity contribution is 5.20. The first-order valence-electron chi connectivity index (χ1n) is 5.19. The minimum atomic E-state index is -0.207. The molecule has 3 heteroatoms. The van der Waals surface area contributed by atoms with E-state index in [1.165, 1.54) is 12.1 Å². The average molecular weight is 209 g/mol. The summed E-state index contributed by atoms with van der Waals surface area (Å²) in [5.41, 5.74) is 0.919. The van der Waals surface area contributed by atoms with Crippen LogP contribution >= 0.6 is 0 Å². The molecule has 1 heterocycles. The van der Waals surface area contributed by atoms with Gasteiger partial charge in [-0.1, -0.05) is 12.1 Å². The van der Waals surface area contributed by atoms with E-state index in [2.05, 4.69) is 19.2 Å². The maximum absolute atomic E-state index is 13.0. The Bertz CT molecular complexity index is 341. The Morgan fingerprint density at radius 3 is 2.87 bits per heavy atom. The molecule has 2 nitrogen and oxygen atoms in total. The molecule has 1 atom stereocenters. The van der Waals surface area contributed by atoms with Crippen LogP contribution < -0.4 is 5.32 Å². The fourth-order valence-electron chi connectivity index (χ4n) is 1.71. The van der Waals surface area contributed by atoms with Gasteiger partial charge in [0.05, 0.1) is 12.7 Å². The number of hydrogen-bond acceptors (Lipinski definition) is 2. The normalized spacial score (nSPS) is 25.1. The molecule has 0 unspecified atom stereocenters. The Labute approximate surface area is 89.4 Å². The summed E-state index contributed by atoms with van der Waals surface area (Å²) in [6.07, 6.45) is -0.0336. The lowest BCUT2D eigenvalue weighted by atomic mass is 10.0. The van der Waals surface area contributed by atoms with E-state index in [-0.39, 0.29) is 17.5 Å². The van der Waals surface area contributed by atoms with Crippen LogP contribution in [0.4, 0.5) is 4.39 Å². The van der Waals surface area contributed by atoms with Gasteiger partial charge in [-0.3, -0.25) is 0 Å². The van der Waals surface area contributed by atoms with Gasteiger partial charge in [0.1, 0.15) is 5.82 Å². The Morgan fingerprint density at radius 1 is 1.47 bits per heavy atom. The Kier molecular flexibility index (Phi) is 2.76. The van der Waals surface area contributed by atoms with E-state index in [0.717, 1.165) is 12.1 Å². The Balaban J connectivity index is 2.08. The van der Waals surface area contributed by atoms with Crippen molar-refractivity contribution in [3.05, 3.63) is 35.6 Å². The van der Waals surface area contributed by atoms with Gasteiger partial charge in [0.2, 0.25) is 0 Å². The van der Waals surface area contributed by atoms with Crippen molar-refractivity contribution >= 4 is 0 Å². The molecule has 1 aromatic rings. The van der Waals surface area contributed by atoms with Crippen molar-refractivity contribution in [2.24, 2.45) is 0 Å². The first-order chi connectivity index (χ1) is 7.07. The third-order valence-corrected chi connectivity index (χ3v) is 2.63. The van der Waals surface area contributed by atoms with Crippen LogP contribution in [-0.2, 0) is 4.74 Å². The molecule has 1 aromatic carbocycles. The fraction of sp³-hybridized carbons (Fsp3) is 0.500. The van der Waals surface area contributed by atoms with Gasteiger partial charge in [-0.05, 0) is 31.5 Å². The van der Waals surface area contributed by atoms with Crippen LogP contribution in [0.5, 0.6) is 0 Å². The monoisotopic (exact) mass is 209 g/mol. The predicted molar refractivity (Wildman–Crippen MR) is 57.2 cm³/mol. The van der Waals surface area contributed by atoms with Crippen molar-refractivity contribution < 1.29 is 9.13 Å². The van der Waals surface area contributed by atoms with E-state index in [1.807, 2.05) is 6.07 Å². The second-order valence-electron chi connectivity index (χ2n) is 4.62. The summed E-state index contributed by atoms with van der Waals surface area (Å²) < 4.78 is 18.7. The molecule has 15 heavy (non-hydrogen) atoms. The lowest BCUT2D eigenvalue weighted by Gasteiger charge is -2.36. The number of benzene rings is 1. The number of morpholine rings is 1. The largest absolute Gasteiger partial charge is 0.370 e. The molecule has 2 rings (SSSR count). The van der Waals surface area contributed by atoms with Gasteiger partial charge in [-0.15, -0.1) is 0 Å². The van der Waals surface area contributed by atoms with Crippen LogP contribution in [0.1, 0.15) is 25.5 Å². The second kappa shape index (κ2) is 3.91. The van der Waals surface area contributed by atoms with Crippen LogP contribution in [0.2, 0.25) is 0 Å². The standard InChI is InChI=1S/C12H16FNO/c1-12(2)8-15-11(7-14-12)9-4-3-5-10(13)6-9/h3-6,11,14H,7-8H2,1-2H3/t11-/m0/s1. The molecule has 0 amide bonds. The van der Waals surface area contributed by atoms with Gasteiger partial charge in [0, 0.05) is 12.1 Å². The third-order valence-electron chi connectivity index (χ3n) is 2.63. The fourth-order valence-corrected chi connectivity index (χ4v) is 1.71. The van der Waals surface area contributed by atoms with Gasteiger partial charge in [-0.2, -0.15) is 0 Å². The van der Waals surface area contributed by atoms with Crippen LogP contribution in [-0.4, -0.2) is 18.7 Å². The summed E-state index contributed by atoms with van der Waals surface area (Å²) in [5.74, 6) is -0.207. The molecule has 1 aliphatic rings. The summed E-state index contributed by atoms with van der Waals surface area (Å²) in [6, 6.07) is 6.59. The van der Waals surface area contributed by atoms with E-state index >= 15 is 0 Å². The second-order valence-corrected chi connectivity index (χ2v) is 4.62. The zero-order chi connectivity index (χ0) is 10.9. The van der Waals surface area contributed by atoms with E-state index < -0.39 is 0 Å². The highest BCUT2D eigenvalue weighted by Gasteiger charge is 2.27. The van der Waals surface area contributed by atoms with Crippen molar-refractivity contribution in [3.63, 3.8) is 0 Å². The molecule has 0 aliphatic carbocycles. The highest BCUT2D eigenvalue weighted by atomic mass is 19.1. The van der Waals surface area contributed by atoms with Crippen molar-refractivity contribution in [3.8, 4) is 0 Å². The lowest BCUT2D eigenvalue weighted by molar-refractivity contribution is -0.0230. The zero-order valence-electron chi connectivity index (χ0n) is 9.09. The third kappa shape index (κ3) is 2.55. The molecule has 1 aliphatic heterocycles. The molecular weight excluding hydrogens is 193 g/mol. The molecular formula is C12H16FNO. The Hall–Kier alpha value is -0.930. The molecule has 1 saturated heterocycles. The Morgan fingerprint density at radius 2 is 2.27 bits per heavy atom.